The Morgan fingerprint density at radius 3 is 2.33 bits per heavy atom. The average Bonchev–Trinajstić information content (AvgIpc) is 2.36. The number of nitrogens with zero attached hydrogens (tertiary/aromatic N) is 3. The molecule has 118 valence electrons. The van der Waals surface area contributed by atoms with E-state index in [0.29, 0.717) is 29.9 Å². The molecule has 5 N–H and O–H groups in total. The predicted molar refractivity (Wildman–Crippen MR) is 84.9 cm³/mol. The summed E-state index contributed by atoms with van der Waals surface area (Å²) in [6.45, 7) is 10.9. The zero-order valence-corrected chi connectivity index (χ0v) is 13.5. The van der Waals surface area contributed by atoms with Crippen LogP contribution in [0.1, 0.15) is 45.0 Å². The first-order valence-electron chi connectivity index (χ1n) is 7.14. The van der Waals surface area contributed by atoms with Gasteiger partial charge in [-0.3, -0.25) is 4.79 Å². The number of anilines is 2. The SMILES string of the molecule is Cc1c(NN)nc(C(C)C)nc1N(CC(N)=O)CC(C)C. The van der Waals surface area contributed by atoms with Crippen molar-refractivity contribution in [3.63, 3.8) is 0 Å². The zero-order chi connectivity index (χ0) is 16.2. The smallest absolute Gasteiger partial charge is 0.236 e. The first kappa shape index (κ1) is 17.2. The maximum Gasteiger partial charge on any atom is 0.236 e. The summed E-state index contributed by atoms with van der Waals surface area (Å²) in [5, 5.41) is 0. The van der Waals surface area contributed by atoms with E-state index in [2.05, 4.69) is 29.2 Å². The van der Waals surface area contributed by atoms with Crippen LogP contribution in [0.25, 0.3) is 0 Å². The molecule has 0 aliphatic carbocycles. The normalized spacial score (nSPS) is 11.0. The van der Waals surface area contributed by atoms with E-state index in [-0.39, 0.29) is 18.4 Å². The molecule has 0 bridgehead atoms. The van der Waals surface area contributed by atoms with Gasteiger partial charge in [-0.05, 0) is 12.8 Å². The molecule has 0 fully saturated rings. The van der Waals surface area contributed by atoms with Crippen LogP contribution in [-0.4, -0.2) is 29.0 Å². The van der Waals surface area contributed by atoms with Gasteiger partial charge in [0.05, 0.1) is 6.54 Å². The Bertz CT molecular complexity index is 500. The Labute approximate surface area is 126 Å². The summed E-state index contributed by atoms with van der Waals surface area (Å²) >= 11 is 0. The predicted octanol–water partition coefficient (Wildman–Crippen LogP) is 1.14. The molecule has 0 atom stereocenters. The highest BCUT2D eigenvalue weighted by atomic mass is 16.1. The molecule has 7 heteroatoms. The summed E-state index contributed by atoms with van der Waals surface area (Å²) in [7, 11) is 0. The van der Waals surface area contributed by atoms with E-state index in [1.165, 1.54) is 0 Å². The number of hydrogen-bond donors (Lipinski definition) is 3. The van der Waals surface area contributed by atoms with E-state index in [1.54, 1.807) is 0 Å². The van der Waals surface area contributed by atoms with E-state index in [4.69, 9.17) is 11.6 Å². The first-order valence-corrected chi connectivity index (χ1v) is 7.14. The molecular weight excluding hydrogens is 268 g/mol. The number of nitrogens with two attached hydrogens (primary N) is 2. The number of nitrogens with one attached hydrogen (secondary N) is 1. The Balaban J connectivity index is 3.33. The molecule has 21 heavy (non-hydrogen) atoms. The molecule has 1 amide bonds. The minimum atomic E-state index is -0.387. The topological polar surface area (TPSA) is 110 Å². The summed E-state index contributed by atoms with van der Waals surface area (Å²) in [5.41, 5.74) is 8.77. The molecule has 1 aromatic rings. The van der Waals surface area contributed by atoms with Crippen LogP contribution in [0.5, 0.6) is 0 Å². The number of hydrazine groups is 1. The van der Waals surface area contributed by atoms with E-state index in [0.717, 1.165) is 5.56 Å². The van der Waals surface area contributed by atoms with Gasteiger partial charge in [-0.1, -0.05) is 27.7 Å². The van der Waals surface area contributed by atoms with Gasteiger partial charge in [0.1, 0.15) is 17.5 Å². The van der Waals surface area contributed by atoms with E-state index in [1.807, 2.05) is 25.7 Å². The lowest BCUT2D eigenvalue weighted by Crippen LogP contribution is -2.37. The lowest BCUT2D eigenvalue weighted by Gasteiger charge is -2.27. The number of hydrogen-bond acceptors (Lipinski definition) is 6. The van der Waals surface area contributed by atoms with Gasteiger partial charge in [-0.25, -0.2) is 15.8 Å². The molecule has 0 unspecified atom stereocenters. The first-order chi connectivity index (χ1) is 9.76. The van der Waals surface area contributed by atoms with Crippen LogP contribution in [0.3, 0.4) is 0 Å². The van der Waals surface area contributed by atoms with Gasteiger partial charge in [-0.15, -0.1) is 0 Å². The van der Waals surface area contributed by atoms with Crippen LogP contribution in [-0.2, 0) is 4.79 Å². The van der Waals surface area contributed by atoms with E-state index >= 15 is 0 Å². The standard InChI is InChI=1S/C14H26N6O/c1-8(2)6-20(7-11(15)21)14-10(5)13(19-16)17-12(18-14)9(3)4/h8-9H,6-7,16H2,1-5H3,(H2,15,21)(H,17,18,19). The number of nitrogen functional groups attached to an aromatic ring is 1. The molecule has 1 rings (SSSR count). The maximum atomic E-state index is 11.3. The monoisotopic (exact) mass is 294 g/mol. The summed E-state index contributed by atoms with van der Waals surface area (Å²) in [4.78, 5) is 22.2. The molecule has 0 radical (unpaired) electrons. The Morgan fingerprint density at radius 2 is 1.90 bits per heavy atom. The van der Waals surface area contributed by atoms with Gasteiger partial charge in [0.2, 0.25) is 5.91 Å². The lowest BCUT2D eigenvalue weighted by molar-refractivity contribution is -0.116. The molecule has 0 saturated carbocycles. The van der Waals surface area contributed by atoms with Crippen LogP contribution in [0.15, 0.2) is 0 Å². The fourth-order valence-corrected chi connectivity index (χ4v) is 2.08. The van der Waals surface area contributed by atoms with Gasteiger partial charge in [-0.2, -0.15) is 0 Å². The fraction of sp³-hybridized carbons (Fsp3) is 0.643. The number of aromatic nitrogens is 2. The van der Waals surface area contributed by atoms with Crippen LogP contribution < -0.4 is 21.9 Å². The van der Waals surface area contributed by atoms with Crippen molar-refractivity contribution in [3.05, 3.63) is 11.4 Å². The Morgan fingerprint density at radius 1 is 1.29 bits per heavy atom. The van der Waals surface area contributed by atoms with Gasteiger partial charge >= 0.3 is 0 Å². The Hall–Kier alpha value is -1.89. The number of primary amides is 1. The van der Waals surface area contributed by atoms with Crippen molar-refractivity contribution < 1.29 is 4.79 Å². The van der Waals surface area contributed by atoms with Crippen molar-refractivity contribution in [1.29, 1.82) is 0 Å². The summed E-state index contributed by atoms with van der Waals surface area (Å²) in [6, 6.07) is 0. The minimum absolute atomic E-state index is 0.123. The molecule has 0 saturated heterocycles. The summed E-state index contributed by atoms with van der Waals surface area (Å²) in [6.07, 6.45) is 0. The minimum Gasteiger partial charge on any atom is -0.368 e. The molecule has 7 nitrogen and oxygen atoms in total. The Kier molecular flexibility index (Phi) is 5.90. The highest BCUT2D eigenvalue weighted by molar-refractivity contribution is 5.79. The van der Waals surface area contributed by atoms with Crippen LogP contribution >= 0.6 is 0 Å². The van der Waals surface area contributed by atoms with Crippen LogP contribution in [0, 0.1) is 12.8 Å². The van der Waals surface area contributed by atoms with Gasteiger partial charge in [0, 0.05) is 18.0 Å². The third-order valence-electron chi connectivity index (χ3n) is 3.02. The number of carbonyl (C=O) groups excluding carboxylic acids is 1. The molecule has 1 aromatic heterocycles. The second-order valence-corrected chi connectivity index (χ2v) is 5.92. The third-order valence-corrected chi connectivity index (χ3v) is 3.02. The van der Waals surface area contributed by atoms with Crippen molar-refractivity contribution in [3.8, 4) is 0 Å². The number of rotatable bonds is 7. The summed E-state index contributed by atoms with van der Waals surface area (Å²) < 4.78 is 0. The second-order valence-electron chi connectivity index (χ2n) is 5.92. The van der Waals surface area contributed by atoms with Crippen molar-refractivity contribution in [1.82, 2.24) is 9.97 Å². The number of carbonyl (C=O) groups is 1. The lowest BCUT2D eigenvalue weighted by atomic mass is 10.1. The van der Waals surface area contributed by atoms with Gasteiger partial charge in [0.25, 0.3) is 0 Å². The molecule has 0 aromatic carbocycles. The quantitative estimate of drug-likeness (QED) is 0.514. The van der Waals surface area contributed by atoms with Crippen molar-refractivity contribution in [2.24, 2.45) is 17.5 Å². The maximum absolute atomic E-state index is 11.3. The van der Waals surface area contributed by atoms with Crippen LogP contribution in [0.4, 0.5) is 11.6 Å². The van der Waals surface area contributed by atoms with Crippen molar-refractivity contribution in [2.45, 2.75) is 40.5 Å². The molecular formula is C14H26N6O. The highest BCUT2D eigenvalue weighted by Gasteiger charge is 2.19. The summed E-state index contributed by atoms with van der Waals surface area (Å²) in [5.74, 6) is 7.64. The molecule has 0 aliphatic rings. The van der Waals surface area contributed by atoms with Crippen LogP contribution in [0.2, 0.25) is 0 Å². The third kappa shape index (κ3) is 4.56. The van der Waals surface area contributed by atoms with Crippen molar-refractivity contribution in [2.75, 3.05) is 23.4 Å². The highest BCUT2D eigenvalue weighted by Crippen LogP contribution is 2.26. The van der Waals surface area contributed by atoms with Gasteiger partial charge in [0.15, 0.2) is 0 Å². The molecule has 1 heterocycles. The average molecular weight is 294 g/mol. The fourth-order valence-electron chi connectivity index (χ4n) is 2.08. The largest absolute Gasteiger partial charge is 0.368 e. The van der Waals surface area contributed by atoms with Crippen molar-refractivity contribution >= 4 is 17.5 Å². The second kappa shape index (κ2) is 7.21. The van der Waals surface area contributed by atoms with E-state index in [9.17, 15) is 4.79 Å². The zero-order valence-electron chi connectivity index (χ0n) is 13.5. The molecule has 0 spiro atoms. The number of amides is 1. The molecule has 0 aliphatic heterocycles. The van der Waals surface area contributed by atoms with E-state index < -0.39 is 0 Å². The van der Waals surface area contributed by atoms with Gasteiger partial charge < -0.3 is 16.1 Å².